The largest absolute Gasteiger partial charge is 0.465 e. The second kappa shape index (κ2) is 4.15. The first kappa shape index (κ1) is 11.8. The van der Waals surface area contributed by atoms with Crippen molar-refractivity contribution in [2.45, 2.75) is 50.8 Å². The number of ether oxygens (including phenoxy) is 1. The van der Waals surface area contributed by atoms with Gasteiger partial charge in [0.25, 0.3) is 0 Å². The summed E-state index contributed by atoms with van der Waals surface area (Å²) in [6.45, 7) is 2.29. The summed E-state index contributed by atoms with van der Waals surface area (Å²) in [6.07, 6.45) is 7.62. The van der Waals surface area contributed by atoms with E-state index in [1.165, 1.54) is 19.3 Å². The average molecular weight is 257 g/mol. The molecule has 0 aliphatic heterocycles. The predicted octanol–water partition coefficient (Wildman–Crippen LogP) is 3.37. The van der Waals surface area contributed by atoms with E-state index in [1.54, 1.807) is 0 Å². The Hall–Kier alpha value is -0.240. The third kappa shape index (κ3) is 1.89. The fourth-order valence-corrected chi connectivity index (χ4v) is 5.28. The Bertz CT molecular complexity index is 291. The van der Waals surface area contributed by atoms with Gasteiger partial charge >= 0.3 is 5.97 Å². The zero-order valence-electron chi connectivity index (χ0n) is 10.5. The van der Waals surface area contributed by atoms with Crippen LogP contribution >= 0.6 is 11.6 Å². The van der Waals surface area contributed by atoms with Crippen molar-refractivity contribution in [1.29, 1.82) is 0 Å². The van der Waals surface area contributed by atoms with Crippen molar-refractivity contribution < 1.29 is 9.53 Å². The van der Waals surface area contributed by atoms with E-state index in [4.69, 9.17) is 16.3 Å². The average Bonchev–Trinajstić information content (AvgIpc) is 2.26. The zero-order chi connectivity index (χ0) is 12.0. The lowest BCUT2D eigenvalue weighted by molar-refractivity contribution is -0.150. The van der Waals surface area contributed by atoms with Crippen LogP contribution in [0.25, 0.3) is 0 Å². The van der Waals surface area contributed by atoms with Gasteiger partial charge in [0.15, 0.2) is 0 Å². The summed E-state index contributed by atoms with van der Waals surface area (Å²) in [5.74, 6) is 2.31. The predicted molar refractivity (Wildman–Crippen MR) is 66.9 cm³/mol. The minimum atomic E-state index is -0.407. The molecule has 2 nitrogen and oxygen atoms in total. The maximum absolute atomic E-state index is 11.9. The van der Waals surface area contributed by atoms with Gasteiger partial charge in [0.05, 0.1) is 6.61 Å². The number of alkyl halides is 1. The van der Waals surface area contributed by atoms with Crippen molar-refractivity contribution in [3.63, 3.8) is 0 Å². The van der Waals surface area contributed by atoms with Crippen LogP contribution < -0.4 is 0 Å². The first-order valence-electron chi connectivity index (χ1n) is 6.93. The summed E-state index contributed by atoms with van der Waals surface area (Å²) in [6, 6.07) is 0. The van der Waals surface area contributed by atoms with Gasteiger partial charge in [0.1, 0.15) is 5.38 Å². The van der Waals surface area contributed by atoms with Gasteiger partial charge in [-0.15, -0.1) is 11.6 Å². The molecule has 0 N–H and O–H groups in total. The second-order valence-electron chi connectivity index (χ2n) is 6.39. The highest BCUT2D eigenvalue weighted by Crippen LogP contribution is 2.62. The van der Waals surface area contributed by atoms with E-state index >= 15 is 0 Å². The first-order valence-corrected chi connectivity index (χ1v) is 7.37. The molecule has 96 valence electrons. The summed E-state index contributed by atoms with van der Waals surface area (Å²) in [4.78, 5) is 11.9. The quantitative estimate of drug-likeness (QED) is 0.572. The Balaban J connectivity index is 1.79. The van der Waals surface area contributed by atoms with Gasteiger partial charge in [0, 0.05) is 0 Å². The molecular formula is C14H21ClO2. The molecule has 0 amide bonds. The van der Waals surface area contributed by atoms with Crippen LogP contribution in [0.2, 0.25) is 0 Å². The molecule has 4 bridgehead atoms. The molecule has 4 aliphatic rings. The van der Waals surface area contributed by atoms with Gasteiger partial charge in [-0.3, -0.25) is 4.79 Å². The molecular weight excluding hydrogens is 236 g/mol. The fraction of sp³-hybridized carbons (Fsp3) is 0.929. The summed E-state index contributed by atoms with van der Waals surface area (Å²) in [5.41, 5.74) is 0.0720. The molecule has 0 saturated heterocycles. The van der Waals surface area contributed by atoms with Crippen molar-refractivity contribution in [2.75, 3.05) is 6.61 Å². The van der Waals surface area contributed by atoms with E-state index in [0.717, 1.165) is 37.0 Å². The van der Waals surface area contributed by atoms with Gasteiger partial charge < -0.3 is 4.74 Å². The number of esters is 1. The van der Waals surface area contributed by atoms with Crippen LogP contribution in [0.4, 0.5) is 0 Å². The van der Waals surface area contributed by atoms with Crippen LogP contribution in [0, 0.1) is 23.2 Å². The molecule has 4 rings (SSSR count). The molecule has 1 unspecified atom stereocenters. The number of rotatable bonds is 3. The van der Waals surface area contributed by atoms with E-state index in [1.807, 2.05) is 6.92 Å². The number of carbonyl (C=O) groups excluding carboxylic acids is 1. The molecule has 4 fully saturated rings. The third-order valence-corrected chi connectivity index (χ3v) is 5.76. The molecule has 0 aromatic heterocycles. The molecule has 3 heteroatoms. The monoisotopic (exact) mass is 256 g/mol. The summed E-state index contributed by atoms with van der Waals surface area (Å²) >= 11 is 6.46. The molecule has 0 radical (unpaired) electrons. The highest BCUT2D eigenvalue weighted by molar-refractivity contribution is 6.30. The maximum Gasteiger partial charge on any atom is 0.324 e. The van der Waals surface area contributed by atoms with Gasteiger partial charge in [-0.05, 0) is 68.6 Å². The van der Waals surface area contributed by atoms with Crippen LogP contribution in [0.5, 0.6) is 0 Å². The van der Waals surface area contributed by atoms with E-state index < -0.39 is 5.38 Å². The zero-order valence-corrected chi connectivity index (χ0v) is 11.2. The van der Waals surface area contributed by atoms with Gasteiger partial charge in [-0.1, -0.05) is 0 Å². The standard InChI is InChI=1S/C14H21ClO2/c1-2-17-13(16)12(15)14-6-9-3-10(7-14)5-11(4-9)8-14/h9-12H,2-8H2,1H3. The highest BCUT2D eigenvalue weighted by atomic mass is 35.5. The minimum Gasteiger partial charge on any atom is -0.465 e. The lowest BCUT2D eigenvalue weighted by atomic mass is 9.48. The van der Waals surface area contributed by atoms with E-state index in [0.29, 0.717) is 6.61 Å². The van der Waals surface area contributed by atoms with E-state index in [2.05, 4.69) is 0 Å². The van der Waals surface area contributed by atoms with Crippen LogP contribution in [-0.2, 0) is 9.53 Å². The lowest BCUT2D eigenvalue weighted by Crippen LogP contribution is -2.52. The smallest absolute Gasteiger partial charge is 0.324 e. The molecule has 0 heterocycles. The van der Waals surface area contributed by atoms with Crippen LogP contribution in [0.1, 0.15) is 45.4 Å². The van der Waals surface area contributed by atoms with Gasteiger partial charge in [-0.25, -0.2) is 0 Å². The molecule has 17 heavy (non-hydrogen) atoms. The van der Waals surface area contributed by atoms with Gasteiger partial charge in [-0.2, -0.15) is 0 Å². The summed E-state index contributed by atoms with van der Waals surface area (Å²) in [7, 11) is 0. The number of carbonyl (C=O) groups is 1. The van der Waals surface area contributed by atoms with Crippen LogP contribution in [-0.4, -0.2) is 18.0 Å². The topological polar surface area (TPSA) is 26.3 Å². The Morgan fingerprint density at radius 3 is 2.12 bits per heavy atom. The fourth-order valence-electron chi connectivity index (χ4n) is 4.95. The number of hydrogen-bond acceptors (Lipinski definition) is 2. The Labute approximate surface area is 108 Å². The lowest BCUT2D eigenvalue weighted by Gasteiger charge is -2.57. The van der Waals surface area contributed by atoms with Crippen molar-refractivity contribution in [3.05, 3.63) is 0 Å². The van der Waals surface area contributed by atoms with Crippen molar-refractivity contribution in [1.82, 2.24) is 0 Å². The second-order valence-corrected chi connectivity index (χ2v) is 6.83. The first-order chi connectivity index (χ1) is 8.13. The van der Waals surface area contributed by atoms with Gasteiger partial charge in [0.2, 0.25) is 0 Å². The highest BCUT2D eigenvalue weighted by Gasteiger charge is 2.55. The molecule has 0 aromatic carbocycles. The van der Waals surface area contributed by atoms with Crippen molar-refractivity contribution >= 4 is 17.6 Å². The third-order valence-electron chi connectivity index (χ3n) is 5.12. The van der Waals surface area contributed by atoms with Crippen molar-refractivity contribution in [3.8, 4) is 0 Å². The normalized spacial score (nSPS) is 44.7. The minimum absolute atomic E-state index is 0.0720. The Morgan fingerprint density at radius 2 is 1.71 bits per heavy atom. The number of hydrogen-bond donors (Lipinski definition) is 0. The Morgan fingerprint density at radius 1 is 1.24 bits per heavy atom. The SMILES string of the molecule is CCOC(=O)C(Cl)C12CC3CC(CC(C3)C1)C2. The summed E-state index contributed by atoms with van der Waals surface area (Å²) < 4.78 is 5.12. The molecule has 1 atom stereocenters. The molecule has 0 aromatic rings. The van der Waals surface area contributed by atoms with E-state index in [9.17, 15) is 4.79 Å². The van der Waals surface area contributed by atoms with E-state index in [-0.39, 0.29) is 11.4 Å². The Kier molecular flexibility index (Phi) is 2.89. The van der Waals surface area contributed by atoms with Crippen LogP contribution in [0.15, 0.2) is 0 Å². The molecule has 0 spiro atoms. The number of halogens is 1. The van der Waals surface area contributed by atoms with Crippen LogP contribution in [0.3, 0.4) is 0 Å². The molecule has 4 saturated carbocycles. The van der Waals surface area contributed by atoms with Crippen molar-refractivity contribution in [2.24, 2.45) is 23.2 Å². The summed E-state index contributed by atoms with van der Waals surface area (Å²) in [5, 5.41) is -0.407. The molecule has 4 aliphatic carbocycles. The maximum atomic E-state index is 11.9.